The Bertz CT molecular complexity index is 582. The molecule has 0 aromatic heterocycles. The van der Waals surface area contributed by atoms with E-state index in [4.69, 9.17) is 10.9 Å². The average molecular weight is 285 g/mol. The summed E-state index contributed by atoms with van der Waals surface area (Å²) in [7, 11) is 0. The first-order valence-electron chi connectivity index (χ1n) is 6.71. The Hall–Kier alpha value is -2.37. The highest BCUT2D eigenvalue weighted by atomic mass is 16.4. The highest BCUT2D eigenvalue weighted by molar-refractivity contribution is 5.96. The SMILES string of the molecule is NC(=NO)c1ccc(CNCC(O)c2ccccc2)cc1. The first kappa shape index (κ1) is 15.0. The summed E-state index contributed by atoms with van der Waals surface area (Å²) in [6.45, 7) is 1.12. The van der Waals surface area contributed by atoms with Crippen molar-refractivity contribution in [2.24, 2.45) is 10.9 Å². The van der Waals surface area contributed by atoms with E-state index in [1.165, 1.54) is 0 Å². The third kappa shape index (κ3) is 4.30. The second-order valence-corrected chi connectivity index (χ2v) is 4.74. The lowest BCUT2D eigenvalue weighted by Crippen LogP contribution is -2.21. The summed E-state index contributed by atoms with van der Waals surface area (Å²) < 4.78 is 0. The molecule has 2 rings (SSSR count). The van der Waals surface area contributed by atoms with Gasteiger partial charge < -0.3 is 21.4 Å². The van der Waals surface area contributed by atoms with Gasteiger partial charge in [0.15, 0.2) is 5.84 Å². The van der Waals surface area contributed by atoms with E-state index in [1.54, 1.807) is 12.1 Å². The maximum atomic E-state index is 10.0. The minimum Gasteiger partial charge on any atom is -0.409 e. The lowest BCUT2D eigenvalue weighted by atomic mass is 10.1. The number of hydrogen-bond acceptors (Lipinski definition) is 4. The molecule has 0 aliphatic heterocycles. The van der Waals surface area contributed by atoms with Crippen LogP contribution in [0, 0.1) is 0 Å². The molecule has 5 heteroatoms. The fourth-order valence-corrected chi connectivity index (χ4v) is 2.00. The van der Waals surface area contributed by atoms with E-state index >= 15 is 0 Å². The van der Waals surface area contributed by atoms with Gasteiger partial charge in [0.1, 0.15) is 0 Å². The minimum atomic E-state index is -0.525. The molecule has 0 radical (unpaired) electrons. The van der Waals surface area contributed by atoms with E-state index in [-0.39, 0.29) is 5.84 Å². The number of benzene rings is 2. The molecular weight excluding hydrogens is 266 g/mol. The molecule has 1 unspecified atom stereocenters. The second kappa shape index (κ2) is 7.42. The van der Waals surface area contributed by atoms with Gasteiger partial charge in [-0.2, -0.15) is 0 Å². The summed E-state index contributed by atoms with van der Waals surface area (Å²) >= 11 is 0. The van der Waals surface area contributed by atoms with Crippen molar-refractivity contribution in [2.45, 2.75) is 12.6 Å². The van der Waals surface area contributed by atoms with Gasteiger partial charge in [-0.3, -0.25) is 0 Å². The molecule has 21 heavy (non-hydrogen) atoms. The number of nitrogens with one attached hydrogen (secondary N) is 1. The van der Waals surface area contributed by atoms with Crippen LogP contribution in [0.3, 0.4) is 0 Å². The summed E-state index contributed by atoms with van der Waals surface area (Å²) in [4.78, 5) is 0. The quantitative estimate of drug-likeness (QED) is 0.281. The summed E-state index contributed by atoms with van der Waals surface area (Å²) in [5, 5.41) is 24.8. The number of aliphatic hydroxyl groups excluding tert-OH is 1. The third-order valence-corrected chi connectivity index (χ3v) is 3.21. The molecular formula is C16H19N3O2. The number of rotatable bonds is 6. The lowest BCUT2D eigenvalue weighted by molar-refractivity contribution is 0.174. The molecule has 0 saturated heterocycles. The Kier molecular flexibility index (Phi) is 5.31. The molecule has 110 valence electrons. The number of nitrogens with two attached hydrogens (primary N) is 1. The average Bonchev–Trinajstić information content (AvgIpc) is 2.55. The molecule has 0 heterocycles. The van der Waals surface area contributed by atoms with Crippen molar-refractivity contribution in [2.75, 3.05) is 6.54 Å². The fraction of sp³-hybridized carbons (Fsp3) is 0.188. The molecule has 0 saturated carbocycles. The van der Waals surface area contributed by atoms with Crippen LogP contribution < -0.4 is 11.1 Å². The van der Waals surface area contributed by atoms with E-state index in [9.17, 15) is 5.11 Å². The Balaban J connectivity index is 1.83. The molecule has 0 amide bonds. The monoisotopic (exact) mass is 285 g/mol. The van der Waals surface area contributed by atoms with Gasteiger partial charge in [-0.05, 0) is 11.1 Å². The van der Waals surface area contributed by atoms with Gasteiger partial charge in [-0.1, -0.05) is 59.8 Å². The van der Waals surface area contributed by atoms with E-state index in [2.05, 4.69) is 10.5 Å². The van der Waals surface area contributed by atoms with Gasteiger partial charge in [0.05, 0.1) is 6.10 Å². The zero-order valence-corrected chi connectivity index (χ0v) is 11.6. The molecule has 2 aromatic rings. The van der Waals surface area contributed by atoms with Crippen LogP contribution in [-0.2, 0) is 6.54 Å². The number of oxime groups is 1. The normalized spacial score (nSPS) is 13.1. The Labute approximate surface area is 123 Å². The Morgan fingerprint density at radius 3 is 2.38 bits per heavy atom. The molecule has 5 nitrogen and oxygen atoms in total. The van der Waals surface area contributed by atoms with Crippen LogP contribution in [0.1, 0.15) is 22.8 Å². The molecule has 0 spiro atoms. The van der Waals surface area contributed by atoms with Crippen molar-refractivity contribution in [1.29, 1.82) is 0 Å². The van der Waals surface area contributed by atoms with Crippen molar-refractivity contribution >= 4 is 5.84 Å². The smallest absolute Gasteiger partial charge is 0.170 e. The van der Waals surface area contributed by atoms with Gasteiger partial charge in [-0.15, -0.1) is 0 Å². The largest absolute Gasteiger partial charge is 0.409 e. The highest BCUT2D eigenvalue weighted by Crippen LogP contribution is 2.11. The van der Waals surface area contributed by atoms with Gasteiger partial charge in [0.2, 0.25) is 0 Å². The van der Waals surface area contributed by atoms with E-state index < -0.39 is 6.10 Å². The van der Waals surface area contributed by atoms with Crippen molar-refractivity contribution in [3.8, 4) is 0 Å². The van der Waals surface area contributed by atoms with E-state index in [0.717, 1.165) is 11.1 Å². The zero-order valence-electron chi connectivity index (χ0n) is 11.6. The summed E-state index contributed by atoms with van der Waals surface area (Å²) in [6.07, 6.45) is -0.525. The van der Waals surface area contributed by atoms with Crippen LogP contribution in [0.4, 0.5) is 0 Å². The van der Waals surface area contributed by atoms with Crippen LogP contribution in [0.2, 0.25) is 0 Å². The van der Waals surface area contributed by atoms with Gasteiger partial charge in [-0.25, -0.2) is 0 Å². The summed E-state index contributed by atoms with van der Waals surface area (Å²) in [5.74, 6) is 0.0917. The van der Waals surface area contributed by atoms with Gasteiger partial charge in [0.25, 0.3) is 0 Å². The van der Waals surface area contributed by atoms with Crippen LogP contribution in [0.5, 0.6) is 0 Å². The van der Waals surface area contributed by atoms with E-state index in [1.807, 2.05) is 42.5 Å². The number of nitrogens with zero attached hydrogens (tertiary/aromatic N) is 1. The van der Waals surface area contributed by atoms with Gasteiger partial charge in [0, 0.05) is 18.7 Å². The molecule has 2 aromatic carbocycles. The topological polar surface area (TPSA) is 90.9 Å². The maximum absolute atomic E-state index is 10.0. The fourth-order valence-electron chi connectivity index (χ4n) is 2.00. The number of hydrogen-bond donors (Lipinski definition) is 4. The number of aliphatic hydroxyl groups is 1. The minimum absolute atomic E-state index is 0.0917. The predicted octanol–water partition coefficient (Wildman–Crippen LogP) is 1.60. The van der Waals surface area contributed by atoms with Crippen LogP contribution in [0.25, 0.3) is 0 Å². The molecule has 0 aliphatic rings. The highest BCUT2D eigenvalue weighted by Gasteiger charge is 2.06. The Morgan fingerprint density at radius 2 is 1.76 bits per heavy atom. The van der Waals surface area contributed by atoms with Crippen LogP contribution >= 0.6 is 0 Å². The Morgan fingerprint density at radius 1 is 1.10 bits per heavy atom. The molecule has 1 atom stereocenters. The first-order chi connectivity index (χ1) is 10.2. The maximum Gasteiger partial charge on any atom is 0.170 e. The molecule has 5 N–H and O–H groups in total. The van der Waals surface area contributed by atoms with Crippen molar-refractivity contribution in [3.05, 3.63) is 71.3 Å². The summed E-state index contributed by atoms with van der Waals surface area (Å²) in [6, 6.07) is 16.9. The first-order valence-corrected chi connectivity index (χ1v) is 6.71. The standard InChI is InChI=1S/C16H19N3O2/c17-16(19-21)14-8-6-12(7-9-14)10-18-11-15(20)13-4-2-1-3-5-13/h1-9,15,18,20-21H,10-11H2,(H2,17,19). The van der Waals surface area contributed by atoms with Crippen molar-refractivity contribution < 1.29 is 10.3 Å². The van der Waals surface area contributed by atoms with Crippen LogP contribution in [0.15, 0.2) is 59.8 Å². The lowest BCUT2D eigenvalue weighted by Gasteiger charge is -2.12. The van der Waals surface area contributed by atoms with Crippen LogP contribution in [-0.4, -0.2) is 22.7 Å². The molecule has 0 bridgehead atoms. The van der Waals surface area contributed by atoms with Crippen molar-refractivity contribution in [3.63, 3.8) is 0 Å². The number of amidine groups is 1. The second-order valence-electron chi connectivity index (χ2n) is 4.74. The van der Waals surface area contributed by atoms with Crippen molar-refractivity contribution in [1.82, 2.24) is 5.32 Å². The molecule has 0 aliphatic carbocycles. The third-order valence-electron chi connectivity index (χ3n) is 3.21. The molecule has 0 fully saturated rings. The predicted molar refractivity (Wildman–Crippen MR) is 82.1 cm³/mol. The van der Waals surface area contributed by atoms with E-state index in [0.29, 0.717) is 18.7 Å². The van der Waals surface area contributed by atoms with Gasteiger partial charge >= 0.3 is 0 Å². The summed E-state index contributed by atoms with van der Waals surface area (Å²) in [5.41, 5.74) is 8.13. The zero-order chi connectivity index (χ0) is 15.1.